The lowest BCUT2D eigenvalue weighted by Crippen LogP contribution is -2.45. The summed E-state index contributed by atoms with van der Waals surface area (Å²) < 4.78 is 19.5. The van der Waals surface area contributed by atoms with Crippen molar-refractivity contribution in [3.63, 3.8) is 0 Å². The standard InChI is InChI=1S/C13H19ClFN5O2/c14-10-9(15)11(19-13(8-21)1-2-16-7-13)18-12(17-10)20-3-5-22-6-4-20/h16,21H,1-8H2,(H,17,18,19)/t13-/m0/s1. The van der Waals surface area contributed by atoms with Gasteiger partial charge in [0.15, 0.2) is 11.0 Å². The monoisotopic (exact) mass is 331 g/mol. The van der Waals surface area contributed by atoms with E-state index in [1.54, 1.807) is 0 Å². The van der Waals surface area contributed by atoms with E-state index in [9.17, 15) is 9.50 Å². The van der Waals surface area contributed by atoms with Gasteiger partial charge < -0.3 is 25.4 Å². The summed E-state index contributed by atoms with van der Waals surface area (Å²) >= 11 is 5.91. The quantitative estimate of drug-likeness (QED) is 0.682. The fourth-order valence-electron chi connectivity index (χ4n) is 2.67. The van der Waals surface area contributed by atoms with Crippen molar-refractivity contribution in [2.45, 2.75) is 12.0 Å². The molecule has 0 aromatic carbocycles. The largest absolute Gasteiger partial charge is 0.394 e. The zero-order valence-corrected chi connectivity index (χ0v) is 12.9. The van der Waals surface area contributed by atoms with Crippen LogP contribution in [0.25, 0.3) is 0 Å². The summed E-state index contributed by atoms with van der Waals surface area (Å²) in [5, 5.41) is 15.6. The summed E-state index contributed by atoms with van der Waals surface area (Å²) in [5.41, 5.74) is -0.624. The smallest absolute Gasteiger partial charge is 0.229 e. The van der Waals surface area contributed by atoms with Crippen molar-refractivity contribution < 1.29 is 14.2 Å². The van der Waals surface area contributed by atoms with E-state index >= 15 is 0 Å². The molecule has 0 unspecified atom stereocenters. The van der Waals surface area contributed by atoms with Crippen LogP contribution in [-0.4, -0.2) is 66.6 Å². The lowest BCUT2D eigenvalue weighted by molar-refractivity contribution is 0.122. The second-order valence-corrected chi connectivity index (χ2v) is 5.92. The maximum Gasteiger partial charge on any atom is 0.229 e. The van der Waals surface area contributed by atoms with E-state index in [0.29, 0.717) is 45.2 Å². The topological polar surface area (TPSA) is 82.5 Å². The predicted molar refractivity (Wildman–Crippen MR) is 81.0 cm³/mol. The van der Waals surface area contributed by atoms with Gasteiger partial charge in [0, 0.05) is 19.6 Å². The molecule has 122 valence electrons. The van der Waals surface area contributed by atoms with Gasteiger partial charge in [-0.25, -0.2) is 0 Å². The average Bonchev–Trinajstić information content (AvgIpc) is 3.01. The first-order valence-corrected chi connectivity index (χ1v) is 7.67. The van der Waals surface area contributed by atoms with Crippen LogP contribution < -0.4 is 15.5 Å². The van der Waals surface area contributed by atoms with Crippen molar-refractivity contribution >= 4 is 23.4 Å². The molecule has 2 saturated heterocycles. The van der Waals surface area contributed by atoms with Crippen molar-refractivity contribution in [3.8, 4) is 0 Å². The Labute approximate surface area is 132 Å². The van der Waals surface area contributed by atoms with E-state index in [-0.39, 0.29) is 17.6 Å². The van der Waals surface area contributed by atoms with Crippen molar-refractivity contribution in [3.05, 3.63) is 11.0 Å². The Morgan fingerprint density at radius 3 is 2.82 bits per heavy atom. The zero-order chi connectivity index (χ0) is 15.6. The fraction of sp³-hybridized carbons (Fsp3) is 0.692. The lowest BCUT2D eigenvalue weighted by atomic mass is 10.00. The van der Waals surface area contributed by atoms with Crippen LogP contribution in [0.1, 0.15) is 6.42 Å². The van der Waals surface area contributed by atoms with Gasteiger partial charge in [-0.3, -0.25) is 0 Å². The third-order valence-corrected chi connectivity index (χ3v) is 4.27. The molecule has 2 aliphatic heterocycles. The molecule has 3 rings (SSSR count). The highest BCUT2D eigenvalue weighted by Crippen LogP contribution is 2.27. The number of nitrogens with one attached hydrogen (secondary N) is 2. The van der Waals surface area contributed by atoms with Crippen LogP contribution in [0.3, 0.4) is 0 Å². The molecular weight excluding hydrogens is 313 g/mol. The Bertz CT molecular complexity index is 535. The molecular formula is C13H19ClFN5O2. The Kier molecular flexibility index (Phi) is 4.62. The van der Waals surface area contributed by atoms with Gasteiger partial charge in [0.05, 0.1) is 25.4 Å². The normalized spacial score (nSPS) is 25.5. The molecule has 2 aliphatic rings. The molecule has 9 heteroatoms. The van der Waals surface area contributed by atoms with E-state index < -0.39 is 11.4 Å². The van der Waals surface area contributed by atoms with Gasteiger partial charge in [0.1, 0.15) is 0 Å². The molecule has 0 aliphatic carbocycles. The first-order chi connectivity index (χ1) is 10.6. The summed E-state index contributed by atoms with van der Waals surface area (Å²) in [4.78, 5) is 10.2. The number of hydrogen-bond donors (Lipinski definition) is 3. The molecule has 0 bridgehead atoms. The maximum absolute atomic E-state index is 14.2. The summed E-state index contributed by atoms with van der Waals surface area (Å²) in [5.74, 6) is -0.297. The zero-order valence-electron chi connectivity index (χ0n) is 12.1. The van der Waals surface area contributed by atoms with E-state index in [4.69, 9.17) is 16.3 Å². The van der Waals surface area contributed by atoms with Gasteiger partial charge in [0.2, 0.25) is 11.8 Å². The predicted octanol–water partition coefficient (Wildman–Crippen LogP) is 0.242. The fourth-order valence-corrected chi connectivity index (χ4v) is 2.84. The van der Waals surface area contributed by atoms with Gasteiger partial charge in [0.25, 0.3) is 0 Å². The molecule has 1 aromatic rings. The SMILES string of the molecule is OC[C@]1(Nc2nc(N3CCOCC3)nc(Cl)c2F)CCNC1. The molecule has 0 spiro atoms. The number of morpholine rings is 1. The number of rotatable bonds is 4. The van der Waals surface area contributed by atoms with Crippen LogP contribution in [0.15, 0.2) is 0 Å². The second-order valence-electron chi connectivity index (χ2n) is 5.57. The maximum atomic E-state index is 14.2. The van der Waals surface area contributed by atoms with Gasteiger partial charge >= 0.3 is 0 Å². The van der Waals surface area contributed by atoms with E-state index in [2.05, 4.69) is 20.6 Å². The summed E-state index contributed by atoms with van der Waals surface area (Å²) in [6, 6.07) is 0. The number of nitrogens with zero attached hydrogens (tertiary/aromatic N) is 3. The molecule has 1 atom stereocenters. The van der Waals surface area contributed by atoms with Crippen molar-refractivity contribution in [2.24, 2.45) is 0 Å². The third kappa shape index (κ3) is 3.10. The number of halogens is 2. The van der Waals surface area contributed by atoms with Gasteiger partial charge in [-0.15, -0.1) is 0 Å². The molecule has 3 N–H and O–H groups in total. The Hall–Kier alpha value is -1.22. The highest BCUT2D eigenvalue weighted by molar-refractivity contribution is 6.29. The van der Waals surface area contributed by atoms with Crippen LogP contribution >= 0.6 is 11.6 Å². The molecule has 22 heavy (non-hydrogen) atoms. The van der Waals surface area contributed by atoms with Crippen LogP contribution in [-0.2, 0) is 4.74 Å². The summed E-state index contributed by atoms with van der Waals surface area (Å²) in [7, 11) is 0. The van der Waals surface area contributed by atoms with Crippen molar-refractivity contribution in [2.75, 3.05) is 56.2 Å². The lowest BCUT2D eigenvalue weighted by Gasteiger charge is -2.30. The first kappa shape index (κ1) is 15.7. The molecule has 0 radical (unpaired) electrons. The number of hydrogen-bond acceptors (Lipinski definition) is 7. The number of ether oxygens (including phenoxy) is 1. The van der Waals surface area contributed by atoms with E-state index in [1.165, 1.54) is 0 Å². The van der Waals surface area contributed by atoms with Crippen LogP contribution in [0, 0.1) is 5.82 Å². The third-order valence-electron chi connectivity index (χ3n) is 4.02. The van der Waals surface area contributed by atoms with Crippen LogP contribution in [0.2, 0.25) is 5.15 Å². The van der Waals surface area contributed by atoms with Crippen LogP contribution in [0.4, 0.5) is 16.2 Å². The number of aliphatic hydroxyl groups excluding tert-OH is 1. The molecule has 7 nitrogen and oxygen atoms in total. The van der Waals surface area contributed by atoms with Crippen molar-refractivity contribution in [1.82, 2.24) is 15.3 Å². The molecule has 1 aromatic heterocycles. The van der Waals surface area contributed by atoms with Gasteiger partial charge in [-0.05, 0) is 13.0 Å². The highest BCUT2D eigenvalue weighted by atomic mass is 35.5. The van der Waals surface area contributed by atoms with Crippen molar-refractivity contribution in [1.29, 1.82) is 0 Å². The average molecular weight is 332 g/mol. The summed E-state index contributed by atoms with van der Waals surface area (Å²) in [6.07, 6.45) is 0.678. The Balaban J connectivity index is 1.87. The number of anilines is 2. The van der Waals surface area contributed by atoms with Gasteiger partial charge in [-0.2, -0.15) is 14.4 Å². The molecule has 0 saturated carbocycles. The summed E-state index contributed by atoms with van der Waals surface area (Å²) in [6.45, 7) is 3.59. The minimum absolute atomic E-state index is 0.0271. The Morgan fingerprint density at radius 2 is 2.18 bits per heavy atom. The molecule has 2 fully saturated rings. The van der Waals surface area contributed by atoms with E-state index in [1.807, 2.05) is 4.90 Å². The Morgan fingerprint density at radius 1 is 1.41 bits per heavy atom. The minimum atomic E-state index is -0.696. The second kappa shape index (κ2) is 6.49. The van der Waals surface area contributed by atoms with Crippen LogP contribution in [0.5, 0.6) is 0 Å². The van der Waals surface area contributed by atoms with Gasteiger partial charge in [-0.1, -0.05) is 11.6 Å². The minimum Gasteiger partial charge on any atom is -0.394 e. The number of aromatic nitrogens is 2. The number of aliphatic hydroxyl groups is 1. The van der Waals surface area contributed by atoms with E-state index in [0.717, 1.165) is 6.54 Å². The molecule has 0 amide bonds. The first-order valence-electron chi connectivity index (χ1n) is 7.29. The molecule has 3 heterocycles. The highest BCUT2D eigenvalue weighted by Gasteiger charge is 2.35.